The summed E-state index contributed by atoms with van der Waals surface area (Å²) in [5, 5.41) is 9.70. The maximum Gasteiger partial charge on any atom is 0.271 e. The zero-order chi connectivity index (χ0) is 13.7. The Hall–Kier alpha value is -2.51. The second kappa shape index (κ2) is 5.89. The Labute approximate surface area is 110 Å². The molecule has 0 radical (unpaired) electrons. The zero-order valence-electron chi connectivity index (χ0n) is 10.8. The molecule has 0 spiro atoms. The van der Waals surface area contributed by atoms with Crippen LogP contribution in [0, 0.1) is 0 Å². The lowest BCUT2D eigenvalue weighted by molar-refractivity contribution is 0.0948. The van der Waals surface area contributed by atoms with Crippen molar-refractivity contribution >= 4 is 11.7 Å². The third-order valence-corrected chi connectivity index (χ3v) is 2.42. The van der Waals surface area contributed by atoms with Gasteiger partial charge in [-0.05, 0) is 0 Å². The highest BCUT2D eigenvalue weighted by molar-refractivity contribution is 5.91. The fourth-order valence-corrected chi connectivity index (χ4v) is 1.45. The molecule has 0 saturated heterocycles. The number of carbonyl (C=O) groups excluding carboxylic acids is 1. The van der Waals surface area contributed by atoms with E-state index in [1.807, 2.05) is 0 Å². The molecule has 8 heteroatoms. The summed E-state index contributed by atoms with van der Waals surface area (Å²) in [6.07, 6.45) is 5.14. The van der Waals surface area contributed by atoms with Gasteiger partial charge in [-0.15, -0.1) is 0 Å². The van der Waals surface area contributed by atoms with Gasteiger partial charge in [0.15, 0.2) is 5.82 Å². The van der Waals surface area contributed by atoms with Crippen LogP contribution in [0.5, 0.6) is 0 Å². The molecule has 0 aliphatic rings. The number of carbonyl (C=O) groups is 1. The van der Waals surface area contributed by atoms with Gasteiger partial charge in [0.1, 0.15) is 17.8 Å². The fourth-order valence-electron chi connectivity index (χ4n) is 1.45. The molecule has 19 heavy (non-hydrogen) atoms. The van der Waals surface area contributed by atoms with E-state index >= 15 is 0 Å². The van der Waals surface area contributed by atoms with Crippen LogP contribution in [0.4, 0.5) is 5.82 Å². The minimum Gasteiger partial charge on any atom is -0.372 e. The molecule has 2 aromatic heterocycles. The summed E-state index contributed by atoms with van der Waals surface area (Å²) >= 11 is 0. The number of rotatable bonds is 5. The van der Waals surface area contributed by atoms with E-state index in [0.717, 1.165) is 0 Å². The van der Waals surface area contributed by atoms with Gasteiger partial charge >= 0.3 is 0 Å². The van der Waals surface area contributed by atoms with E-state index in [2.05, 4.69) is 30.7 Å². The molecule has 2 heterocycles. The van der Waals surface area contributed by atoms with Crippen LogP contribution in [0.15, 0.2) is 18.7 Å². The lowest BCUT2D eigenvalue weighted by Crippen LogP contribution is -2.27. The topological polar surface area (TPSA) is 97.6 Å². The van der Waals surface area contributed by atoms with Gasteiger partial charge in [-0.3, -0.25) is 9.48 Å². The first kappa shape index (κ1) is 12.9. The van der Waals surface area contributed by atoms with Crippen molar-refractivity contribution in [3.63, 3.8) is 0 Å². The summed E-state index contributed by atoms with van der Waals surface area (Å²) in [5.41, 5.74) is 0.285. The van der Waals surface area contributed by atoms with Crippen molar-refractivity contribution < 1.29 is 4.79 Å². The molecule has 0 atom stereocenters. The average molecular weight is 261 g/mol. The van der Waals surface area contributed by atoms with Gasteiger partial charge in [0.2, 0.25) is 0 Å². The Morgan fingerprint density at radius 3 is 2.74 bits per heavy atom. The average Bonchev–Trinajstić information content (AvgIpc) is 2.84. The van der Waals surface area contributed by atoms with Crippen LogP contribution in [-0.4, -0.2) is 44.2 Å². The Balaban J connectivity index is 1.83. The Bertz CT molecular complexity index is 548. The number of hydrogen-bond donors (Lipinski definition) is 2. The number of anilines is 1. The van der Waals surface area contributed by atoms with Crippen molar-refractivity contribution in [3.8, 4) is 0 Å². The van der Waals surface area contributed by atoms with Crippen molar-refractivity contribution in [1.82, 2.24) is 30.0 Å². The minimum absolute atomic E-state index is 0.258. The number of nitrogens with zero attached hydrogens (tertiary/aromatic N) is 5. The number of hydrogen-bond acceptors (Lipinski definition) is 6. The molecule has 0 aliphatic carbocycles. The van der Waals surface area contributed by atoms with Gasteiger partial charge in [-0.2, -0.15) is 5.10 Å². The first-order valence-electron chi connectivity index (χ1n) is 5.81. The van der Waals surface area contributed by atoms with Crippen molar-refractivity contribution in [1.29, 1.82) is 0 Å². The molecule has 2 aromatic rings. The molecular formula is C11H15N7O. The number of aryl methyl sites for hydroxylation is 1. The molecule has 100 valence electrons. The Kier molecular flexibility index (Phi) is 4.01. The number of aromatic nitrogens is 5. The molecule has 2 N–H and O–H groups in total. The van der Waals surface area contributed by atoms with E-state index in [0.29, 0.717) is 24.6 Å². The second-order valence-electron chi connectivity index (χ2n) is 3.88. The summed E-state index contributed by atoms with van der Waals surface area (Å²) < 4.78 is 1.62. The monoisotopic (exact) mass is 261 g/mol. The SMILES string of the molecule is CNc1cnc(C(=O)NCCc2ncn(C)n2)cn1. The molecular weight excluding hydrogens is 246 g/mol. The molecule has 0 saturated carbocycles. The minimum atomic E-state index is -0.258. The lowest BCUT2D eigenvalue weighted by Gasteiger charge is -2.03. The Morgan fingerprint density at radius 1 is 1.32 bits per heavy atom. The molecule has 2 rings (SSSR count). The first-order valence-corrected chi connectivity index (χ1v) is 5.81. The summed E-state index contributed by atoms with van der Waals surface area (Å²) in [6.45, 7) is 0.457. The smallest absolute Gasteiger partial charge is 0.271 e. The molecule has 0 unspecified atom stereocenters. The van der Waals surface area contributed by atoms with Crippen molar-refractivity contribution in [2.45, 2.75) is 6.42 Å². The third kappa shape index (κ3) is 3.47. The molecule has 0 aliphatic heterocycles. The van der Waals surface area contributed by atoms with E-state index < -0.39 is 0 Å². The molecule has 0 bridgehead atoms. The lowest BCUT2D eigenvalue weighted by atomic mass is 10.3. The summed E-state index contributed by atoms with van der Waals surface area (Å²) in [7, 11) is 3.54. The van der Waals surface area contributed by atoms with Gasteiger partial charge < -0.3 is 10.6 Å². The first-order chi connectivity index (χ1) is 9.19. The van der Waals surface area contributed by atoms with Crippen molar-refractivity contribution in [2.75, 3.05) is 18.9 Å². The van der Waals surface area contributed by atoms with Gasteiger partial charge in [-0.1, -0.05) is 0 Å². The van der Waals surface area contributed by atoms with Crippen LogP contribution >= 0.6 is 0 Å². The van der Waals surface area contributed by atoms with E-state index in [-0.39, 0.29) is 11.6 Å². The standard InChI is InChI=1S/C11H15N7O/c1-12-10-6-14-8(5-15-10)11(19)13-4-3-9-16-7-18(2)17-9/h5-7H,3-4H2,1-2H3,(H,12,15)(H,13,19). The summed E-state index contributed by atoms with van der Waals surface area (Å²) in [4.78, 5) is 23.9. The predicted molar refractivity (Wildman–Crippen MR) is 68.6 cm³/mol. The predicted octanol–water partition coefficient (Wildman–Crippen LogP) is -0.381. The third-order valence-electron chi connectivity index (χ3n) is 2.42. The van der Waals surface area contributed by atoms with Crippen molar-refractivity contribution in [3.05, 3.63) is 30.2 Å². The van der Waals surface area contributed by atoms with E-state index in [9.17, 15) is 4.79 Å². The normalized spacial score (nSPS) is 10.2. The number of nitrogens with one attached hydrogen (secondary N) is 2. The quantitative estimate of drug-likeness (QED) is 0.761. The summed E-state index contributed by atoms with van der Waals surface area (Å²) in [5.74, 6) is 1.06. The molecule has 0 aromatic carbocycles. The summed E-state index contributed by atoms with van der Waals surface area (Å²) in [6, 6.07) is 0. The van der Waals surface area contributed by atoms with Crippen LogP contribution in [0.25, 0.3) is 0 Å². The van der Waals surface area contributed by atoms with Gasteiger partial charge in [-0.25, -0.2) is 15.0 Å². The van der Waals surface area contributed by atoms with Gasteiger partial charge in [0.25, 0.3) is 5.91 Å². The molecule has 1 amide bonds. The highest BCUT2D eigenvalue weighted by atomic mass is 16.1. The van der Waals surface area contributed by atoms with Gasteiger partial charge in [0.05, 0.1) is 12.4 Å². The van der Waals surface area contributed by atoms with E-state index in [4.69, 9.17) is 0 Å². The van der Waals surface area contributed by atoms with Crippen LogP contribution in [0.2, 0.25) is 0 Å². The highest BCUT2D eigenvalue weighted by Gasteiger charge is 2.07. The maximum absolute atomic E-state index is 11.8. The van der Waals surface area contributed by atoms with Crippen LogP contribution < -0.4 is 10.6 Å². The molecule has 8 nitrogen and oxygen atoms in total. The Morgan fingerprint density at radius 2 is 2.16 bits per heavy atom. The zero-order valence-corrected chi connectivity index (χ0v) is 10.8. The number of amides is 1. The molecule has 0 fully saturated rings. The second-order valence-corrected chi connectivity index (χ2v) is 3.88. The fraction of sp³-hybridized carbons (Fsp3) is 0.364. The van der Waals surface area contributed by atoms with E-state index in [1.54, 1.807) is 25.1 Å². The maximum atomic E-state index is 11.8. The van der Waals surface area contributed by atoms with Crippen molar-refractivity contribution in [2.24, 2.45) is 7.05 Å². The highest BCUT2D eigenvalue weighted by Crippen LogP contribution is 1.99. The largest absolute Gasteiger partial charge is 0.372 e. The van der Waals surface area contributed by atoms with Crippen LogP contribution in [0.1, 0.15) is 16.3 Å². The van der Waals surface area contributed by atoms with Crippen LogP contribution in [-0.2, 0) is 13.5 Å². The van der Waals surface area contributed by atoms with E-state index in [1.165, 1.54) is 12.4 Å². The van der Waals surface area contributed by atoms with Gasteiger partial charge in [0, 0.05) is 27.1 Å². The van der Waals surface area contributed by atoms with Crippen LogP contribution in [0.3, 0.4) is 0 Å².